The van der Waals surface area contributed by atoms with Gasteiger partial charge in [-0.15, -0.1) is 0 Å². The number of carbonyl (C=O) groups excluding carboxylic acids is 1. The standard InChI is InChI=1S/C12H11F3N4O/c1-6-2-3-7(4-9(6)12(13,14)15)18-11(20)8-5-17-19-10(8)16/h2-5H,1H3,(H,18,20)(H3,16,17,19). The van der Waals surface area contributed by atoms with Crippen LogP contribution in [0.2, 0.25) is 0 Å². The lowest BCUT2D eigenvalue weighted by molar-refractivity contribution is -0.138. The zero-order valence-corrected chi connectivity index (χ0v) is 10.4. The van der Waals surface area contributed by atoms with E-state index in [9.17, 15) is 18.0 Å². The predicted octanol–water partition coefficient (Wildman–Crippen LogP) is 2.57. The van der Waals surface area contributed by atoms with Gasteiger partial charge in [0.25, 0.3) is 5.91 Å². The van der Waals surface area contributed by atoms with Gasteiger partial charge in [0.05, 0.1) is 11.8 Å². The molecule has 1 heterocycles. The van der Waals surface area contributed by atoms with Gasteiger partial charge in [-0.2, -0.15) is 18.3 Å². The molecular formula is C12H11F3N4O. The number of amides is 1. The van der Waals surface area contributed by atoms with Crippen LogP contribution in [0.5, 0.6) is 0 Å². The number of H-pyrrole nitrogens is 1. The summed E-state index contributed by atoms with van der Waals surface area (Å²) in [7, 11) is 0. The monoisotopic (exact) mass is 284 g/mol. The molecule has 0 aliphatic carbocycles. The fourth-order valence-corrected chi connectivity index (χ4v) is 1.68. The van der Waals surface area contributed by atoms with Crippen LogP contribution < -0.4 is 11.1 Å². The number of anilines is 2. The summed E-state index contributed by atoms with van der Waals surface area (Å²) in [5, 5.41) is 8.28. The highest BCUT2D eigenvalue weighted by molar-refractivity contribution is 6.07. The molecule has 20 heavy (non-hydrogen) atoms. The number of hydrogen-bond donors (Lipinski definition) is 3. The first-order valence-electron chi connectivity index (χ1n) is 5.57. The van der Waals surface area contributed by atoms with Crippen LogP contribution in [0.4, 0.5) is 24.7 Å². The Balaban J connectivity index is 2.27. The summed E-state index contributed by atoms with van der Waals surface area (Å²) in [5.74, 6) is -0.584. The summed E-state index contributed by atoms with van der Waals surface area (Å²) < 4.78 is 38.3. The molecule has 8 heteroatoms. The Morgan fingerprint density at radius 1 is 1.40 bits per heavy atom. The summed E-state index contributed by atoms with van der Waals surface area (Å²) in [6.45, 7) is 1.35. The smallest absolute Gasteiger partial charge is 0.383 e. The lowest BCUT2D eigenvalue weighted by Crippen LogP contribution is -2.14. The molecule has 0 aliphatic heterocycles. The fraction of sp³-hybridized carbons (Fsp3) is 0.167. The second-order valence-corrected chi connectivity index (χ2v) is 4.18. The summed E-state index contributed by atoms with van der Waals surface area (Å²) >= 11 is 0. The molecule has 0 unspecified atom stereocenters. The average molecular weight is 284 g/mol. The third-order valence-electron chi connectivity index (χ3n) is 2.71. The number of benzene rings is 1. The van der Waals surface area contributed by atoms with Crippen molar-refractivity contribution in [3.8, 4) is 0 Å². The maximum Gasteiger partial charge on any atom is 0.416 e. The van der Waals surface area contributed by atoms with Crippen LogP contribution in [-0.2, 0) is 6.18 Å². The minimum absolute atomic E-state index is 0.0357. The number of aryl methyl sites for hydroxylation is 1. The second kappa shape index (κ2) is 4.87. The Morgan fingerprint density at radius 3 is 2.65 bits per heavy atom. The normalized spacial score (nSPS) is 11.4. The van der Waals surface area contributed by atoms with E-state index in [-0.39, 0.29) is 22.6 Å². The van der Waals surface area contributed by atoms with Crippen molar-refractivity contribution in [1.82, 2.24) is 10.2 Å². The van der Waals surface area contributed by atoms with Crippen LogP contribution in [0, 0.1) is 6.92 Å². The van der Waals surface area contributed by atoms with Crippen molar-refractivity contribution in [2.24, 2.45) is 0 Å². The quantitative estimate of drug-likeness (QED) is 0.792. The third kappa shape index (κ3) is 2.73. The molecule has 2 aromatic rings. The van der Waals surface area contributed by atoms with Crippen molar-refractivity contribution in [2.75, 3.05) is 11.1 Å². The summed E-state index contributed by atoms with van der Waals surface area (Å²) in [6.07, 6.45) is -3.27. The van der Waals surface area contributed by atoms with Gasteiger partial charge >= 0.3 is 6.18 Å². The van der Waals surface area contributed by atoms with Gasteiger partial charge < -0.3 is 11.1 Å². The fourth-order valence-electron chi connectivity index (χ4n) is 1.68. The molecular weight excluding hydrogens is 273 g/mol. The molecule has 0 saturated carbocycles. The molecule has 1 aromatic carbocycles. The largest absolute Gasteiger partial charge is 0.416 e. The van der Waals surface area contributed by atoms with Gasteiger partial charge in [0.1, 0.15) is 11.4 Å². The number of aromatic amines is 1. The Hall–Kier alpha value is -2.51. The van der Waals surface area contributed by atoms with Gasteiger partial charge in [-0.1, -0.05) is 6.07 Å². The molecule has 2 rings (SSSR count). The highest BCUT2D eigenvalue weighted by atomic mass is 19.4. The molecule has 5 nitrogen and oxygen atoms in total. The number of nitrogens with one attached hydrogen (secondary N) is 2. The van der Waals surface area contributed by atoms with E-state index in [0.717, 1.165) is 6.07 Å². The van der Waals surface area contributed by atoms with E-state index in [0.29, 0.717) is 0 Å². The number of carbonyl (C=O) groups is 1. The molecule has 1 aromatic heterocycles. The van der Waals surface area contributed by atoms with Gasteiger partial charge in [-0.05, 0) is 24.6 Å². The van der Waals surface area contributed by atoms with E-state index >= 15 is 0 Å². The number of hydrogen-bond acceptors (Lipinski definition) is 3. The SMILES string of the molecule is Cc1ccc(NC(=O)c2cn[nH]c2N)cc1C(F)(F)F. The van der Waals surface area contributed by atoms with Crippen molar-refractivity contribution in [3.63, 3.8) is 0 Å². The average Bonchev–Trinajstić information content (AvgIpc) is 2.76. The lowest BCUT2D eigenvalue weighted by atomic mass is 10.1. The summed E-state index contributed by atoms with van der Waals surface area (Å²) in [4.78, 5) is 11.8. The van der Waals surface area contributed by atoms with Crippen molar-refractivity contribution in [3.05, 3.63) is 41.1 Å². The summed E-state index contributed by atoms with van der Waals surface area (Å²) in [5.41, 5.74) is 4.85. The molecule has 0 radical (unpaired) electrons. The zero-order chi connectivity index (χ0) is 14.9. The van der Waals surface area contributed by atoms with Crippen LogP contribution in [0.3, 0.4) is 0 Å². The molecule has 0 atom stereocenters. The van der Waals surface area contributed by atoms with Crippen LogP contribution in [0.25, 0.3) is 0 Å². The topological polar surface area (TPSA) is 83.8 Å². The van der Waals surface area contributed by atoms with E-state index in [4.69, 9.17) is 5.73 Å². The number of aromatic nitrogens is 2. The predicted molar refractivity (Wildman–Crippen MR) is 67.1 cm³/mol. The van der Waals surface area contributed by atoms with Crippen LogP contribution in [-0.4, -0.2) is 16.1 Å². The molecule has 4 N–H and O–H groups in total. The van der Waals surface area contributed by atoms with E-state index in [2.05, 4.69) is 15.5 Å². The van der Waals surface area contributed by atoms with Gasteiger partial charge in [0.2, 0.25) is 0 Å². The summed E-state index contributed by atoms with van der Waals surface area (Å²) in [6, 6.07) is 3.55. The number of alkyl halides is 3. The Kier molecular flexibility index (Phi) is 3.39. The molecule has 0 spiro atoms. The number of halogens is 3. The van der Waals surface area contributed by atoms with Crippen LogP contribution in [0.1, 0.15) is 21.5 Å². The van der Waals surface area contributed by atoms with E-state index < -0.39 is 17.6 Å². The van der Waals surface area contributed by atoms with E-state index in [1.54, 1.807) is 0 Å². The highest BCUT2D eigenvalue weighted by Gasteiger charge is 2.32. The van der Waals surface area contributed by atoms with Gasteiger partial charge in [-0.3, -0.25) is 9.89 Å². The minimum atomic E-state index is -4.47. The van der Waals surface area contributed by atoms with Crippen molar-refractivity contribution < 1.29 is 18.0 Å². The third-order valence-corrected chi connectivity index (χ3v) is 2.71. The second-order valence-electron chi connectivity index (χ2n) is 4.18. The molecule has 0 aliphatic rings. The minimum Gasteiger partial charge on any atom is -0.383 e. The van der Waals surface area contributed by atoms with Crippen molar-refractivity contribution >= 4 is 17.4 Å². The van der Waals surface area contributed by atoms with Crippen LogP contribution in [0.15, 0.2) is 24.4 Å². The highest BCUT2D eigenvalue weighted by Crippen LogP contribution is 2.33. The Morgan fingerprint density at radius 2 is 2.10 bits per heavy atom. The molecule has 0 fully saturated rings. The van der Waals surface area contributed by atoms with E-state index in [1.807, 2.05) is 0 Å². The first kappa shape index (κ1) is 13.9. The number of nitrogens with zero attached hydrogens (tertiary/aromatic N) is 1. The zero-order valence-electron chi connectivity index (χ0n) is 10.4. The van der Waals surface area contributed by atoms with Crippen LogP contribution >= 0.6 is 0 Å². The lowest BCUT2D eigenvalue weighted by Gasteiger charge is -2.12. The van der Waals surface area contributed by atoms with Crippen molar-refractivity contribution in [2.45, 2.75) is 13.1 Å². The Labute approximate surface area is 112 Å². The number of rotatable bonds is 2. The maximum atomic E-state index is 12.8. The Bertz CT molecular complexity index is 648. The molecule has 0 bridgehead atoms. The number of nitrogen functional groups attached to an aromatic ring is 1. The van der Waals surface area contributed by atoms with Gasteiger partial charge in [0.15, 0.2) is 0 Å². The first-order valence-corrected chi connectivity index (χ1v) is 5.57. The molecule has 1 amide bonds. The van der Waals surface area contributed by atoms with Gasteiger partial charge in [0, 0.05) is 5.69 Å². The maximum absolute atomic E-state index is 12.8. The van der Waals surface area contributed by atoms with Crippen molar-refractivity contribution in [1.29, 1.82) is 0 Å². The molecule has 106 valence electrons. The van der Waals surface area contributed by atoms with Gasteiger partial charge in [-0.25, -0.2) is 0 Å². The molecule has 0 saturated heterocycles. The first-order chi connectivity index (χ1) is 9.29. The number of nitrogens with two attached hydrogens (primary N) is 1. The van der Waals surface area contributed by atoms with E-state index in [1.165, 1.54) is 25.3 Å².